The van der Waals surface area contributed by atoms with Crippen molar-refractivity contribution in [3.05, 3.63) is 29.6 Å². The fraction of sp³-hybridized carbons (Fsp3) is 0.714. The zero-order chi connectivity index (χ0) is 17.7. The molecule has 5 heteroatoms. The molecule has 0 spiro atoms. The lowest BCUT2D eigenvalue weighted by Gasteiger charge is -2.45. The number of amides is 1. The van der Waals surface area contributed by atoms with Crippen LogP contribution in [-0.2, 0) is 4.79 Å². The molecule has 2 aliphatic heterocycles. The van der Waals surface area contributed by atoms with Crippen molar-refractivity contribution < 1.29 is 4.79 Å². The van der Waals surface area contributed by atoms with Crippen LogP contribution in [0.3, 0.4) is 0 Å². The van der Waals surface area contributed by atoms with Crippen LogP contribution in [0.5, 0.6) is 0 Å². The molecule has 1 amide bonds. The zero-order valence-electron chi connectivity index (χ0n) is 15.6. The number of pyridine rings is 1. The van der Waals surface area contributed by atoms with E-state index in [9.17, 15) is 4.79 Å². The monoisotopic (exact) mass is 354 g/mol. The van der Waals surface area contributed by atoms with Gasteiger partial charge in [0.05, 0.1) is 6.04 Å². The number of aromatic nitrogens is 1. The molecule has 1 aromatic heterocycles. The highest BCUT2D eigenvalue weighted by Crippen LogP contribution is 2.46. The lowest BCUT2D eigenvalue weighted by molar-refractivity contribution is -0.132. The summed E-state index contributed by atoms with van der Waals surface area (Å²) < 4.78 is 0. The molecule has 2 aliphatic carbocycles. The summed E-state index contributed by atoms with van der Waals surface area (Å²) in [6.45, 7) is 2.06. The van der Waals surface area contributed by atoms with E-state index >= 15 is 0 Å². The highest BCUT2D eigenvalue weighted by molar-refractivity contribution is 5.80. The number of carbonyl (C=O) groups excluding carboxylic acids is 1. The normalized spacial score (nSPS) is 40.1. The molecule has 26 heavy (non-hydrogen) atoms. The van der Waals surface area contributed by atoms with E-state index in [1.165, 1.54) is 37.7 Å². The van der Waals surface area contributed by atoms with E-state index in [1.807, 2.05) is 6.20 Å². The van der Waals surface area contributed by atoms with Crippen molar-refractivity contribution in [2.24, 2.45) is 23.7 Å². The number of hydrogen-bond donors (Lipinski definition) is 3. The van der Waals surface area contributed by atoms with E-state index in [0.717, 1.165) is 18.5 Å². The van der Waals surface area contributed by atoms with E-state index in [1.54, 1.807) is 0 Å². The Hall–Kier alpha value is -1.46. The van der Waals surface area contributed by atoms with Gasteiger partial charge in [0.25, 0.3) is 0 Å². The first-order chi connectivity index (χ1) is 12.7. The van der Waals surface area contributed by atoms with Gasteiger partial charge < -0.3 is 5.32 Å². The molecule has 3 N–H and O–H groups in total. The fourth-order valence-electron chi connectivity index (χ4n) is 6.18. The third-order valence-electron chi connectivity index (χ3n) is 7.49. The Bertz CT molecular complexity index is 686. The molecule has 1 aromatic rings. The van der Waals surface area contributed by atoms with Gasteiger partial charge in [-0.05, 0) is 74.5 Å². The molecule has 6 unspecified atom stereocenters. The molecule has 5 nitrogen and oxygen atoms in total. The van der Waals surface area contributed by atoms with Crippen molar-refractivity contribution in [1.29, 1.82) is 0 Å². The Balaban J connectivity index is 1.34. The molecule has 3 heterocycles. The van der Waals surface area contributed by atoms with Crippen LogP contribution in [0, 0.1) is 30.6 Å². The smallest absolute Gasteiger partial charge is 0.223 e. The minimum absolute atomic E-state index is 0.263. The number of aryl methyl sites for hydroxylation is 1. The first-order valence-electron chi connectivity index (χ1n) is 10.4. The number of fused-ring (bicyclic) bond motifs is 2. The molecule has 0 aromatic carbocycles. The fourth-order valence-corrected chi connectivity index (χ4v) is 6.18. The Morgan fingerprint density at radius 1 is 1.04 bits per heavy atom. The predicted octanol–water partition coefficient (Wildman–Crippen LogP) is 2.63. The maximum atomic E-state index is 12.7. The van der Waals surface area contributed by atoms with E-state index in [4.69, 9.17) is 0 Å². The van der Waals surface area contributed by atoms with Gasteiger partial charge in [-0.25, -0.2) is 5.43 Å². The van der Waals surface area contributed by atoms with Gasteiger partial charge in [0.1, 0.15) is 0 Å². The number of hydrazine groups is 1. The van der Waals surface area contributed by atoms with Gasteiger partial charge in [0.15, 0.2) is 0 Å². The van der Waals surface area contributed by atoms with Gasteiger partial charge in [-0.2, -0.15) is 0 Å². The standard InChI is InChI=1S/C21H30N4O/c1-12-8-14(6-7-22-12)20-17-10-15-9-16(13-4-2-3-5-13)21(26)23-18(15)11-19(17)24-25-20/h6-8,13,15-20,24-25H,2-5,9-11H2,1H3,(H,23,26). The molecular weight excluding hydrogens is 324 g/mol. The molecule has 140 valence electrons. The van der Waals surface area contributed by atoms with Crippen LogP contribution in [0.1, 0.15) is 62.2 Å². The topological polar surface area (TPSA) is 66.0 Å². The summed E-state index contributed by atoms with van der Waals surface area (Å²) in [4.78, 5) is 17.0. The largest absolute Gasteiger partial charge is 0.353 e. The second-order valence-corrected chi connectivity index (χ2v) is 9.00. The van der Waals surface area contributed by atoms with Crippen molar-refractivity contribution in [3.63, 3.8) is 0 Å². The van der Waals surface area contributed by atoms with Crippen LogP contribution >= 0.6 is 0 Å². The van der Waals surface area contributed by atoms with Crippen molar-refractivity contribution in [1.82, 2.24) is 21.2 Å². The van der Waals surface area contributed by atoms with Crippen LogP contribution in [0.15, 0.2) is 18.3 Å². The first kappa shape index (κ1) is 16.7. The quantitative estimate of drug-likeness (QED) is 0.764. The third-order valence-corrected chi connectivity index (χ3v) is 7.49. The molecular formula is C21H30N4O. The van der Waals surface area contributed by atoms with Crippen LogP contribution in [-0.4, -0.2) is 23.0 Å². The zero-order valence-corrected chi connectivity index (χ0v) is 15.6. The Labute approximate surface area is 155 Å². The molecule has 4 aliphatic rings. The minimum Gasteiger partial charge on any atom is -0.353 e. The predicted molar refractivity (Wildman–Crippen MR) is 100.0 cm³/mol. The summed E-state index contributed by atoms with van der Waals surface area (Å²) in [5.41, 5.74) is 9.47. The highest BCUT2D eigenvalue weighted by atomic mass is 16.2. The maximum absolute atomic E-state index is 12.7. The second-order valence-electron chi connectivity index (χ2n) is 9.00. The van der Waals surface area contributed by atoms with Gasteiger partial charge >= 0.3 is 0 Å². The SMILES string of the molecule is Cc1cc(C2NNC3CC4NC(=O)C(C5CCCC5)CC4CC32)ccn1. The average Bonchev–Trinajstić information content (AvgIpc) is 3.29. The third kappa shape index (κ3) is 2.85. The lowest BCUT2D eigenvalue weighted by Crippen LogP contribution is -2.56. The van der Waals surface area contributed by atoms with Gasteiger partial charge in [0, 0.05) is 29.9 Å². The van der Waals surface area contributed by atoms with Crippen molar-refractivity contribution in [2.75, 3.05) is 0 Å². The van der Waals surface area contributed by atoms with Crippen molar-refractivity contribution in [3.8, 4) is 0 Å². The molecule has 2 saturated heterocycles. The van der Waals surface area contributed by atoms with Crippen molar-refractivity contribution in [2.45, 2.75) is 70.0 Å². The number of piperidine rings is 1. The van der Waals surface area contributed by atoms with E-state index in [0.29, 0.717) is 41.8 Å². The number of nitrogens with one attached hydrogen (secondary N) is 3. The Morgan fingerprint density at radius 3 is 2.69 bits per heavy atom. The summed E-state index contributed by atoms with van der Waals surface area (Å²) in [7, 11) is 0. The molecule has 0 radical (unpaired) electrons. The van der Waals surface area contributed by atoms with Crippen LogP contribution < -0.4 is 16.2 Å². The average molecular weight is 354 g/mol. The summed E-state index contributed by atoms with van der Waals surface area (Å²) in [6.07, 6.45) is 10.4. The lowest BCUT2D eigenvalue weighted by atomic mass is 9.66. The molecule has 2 saturated carbocycles. The molecule has 4 fully saturated rings. The maximum Gasteiger partial charge on any atom is 0.223 e. The Kier molecular flexibility index (Phi) is 4.24. The highest BCUT2D eigenvalue weighted by Gasteiger charge is 2.49. The summed E-state index contributed by atoms with van der Waals surface area (Å²) in [6, 6.07) is 5.50. The summed E-state index contributed by atoms with van der Waals surface area (Å²) in [5.74, 6) is 2.46. The van der Waals surface area contributed by atoms with E-state index < -0.39 is 0 Å². The summed E-state index contributed by atoms with van der Waals surface area (Å²) >= 11 is 0. The first-order valence-corrected chi connectivity index (χ1v) is 10.4. The van der Waals surface area contributed by atoms with Gasteiger partial charge in [-0.3, -0.25) is 15.2 Å². The summed E-state index contributed by atoms with van der Waals surface area (Å²) in [5, 5.41) is 3.40. The number of hydrogen-bond acceptors (Lipinski definition) is 4. The minimum atomic E-state index is 0.263. The van der Waals surface area contributed by atoms with E-state index in [2.05, 4.69) is 40.2 Å². The molecule has 6 atom stereocenters. The Morgan fingerprint density at radius 2 is 1.88 bits per heavy atom. The van der Waals surface area contributed by atoms with Crippen LogP contribution in [0.25, 0.3) is 0 Å². The van der Waals surface area contributed by atoms with Gasteiger partial charge in [-0.15, -0.1) is 0 Å². The van der Waals surface area contributed by atoms with E-state index in [-0.39, 0.29) is 5.92 Å². The molecule has 5 rings (SSSR count). The van der Waals surface area contributed by atoms with Crippen molar-refractivity contribution >= 4 is 5.91 Å². The van der Waals surface area contributed by atoms with Gasteiger partial charge in [-0.1, -0.05) is 12.8 Å². The van der Waals surface area contributed by atoms with Gasteiger partial charge in [0.2, 0.25) is 5.91 Å². The van der Waals surface area contributed by atoms with Crippen LogP contribution in [0.4, 0.5) is 0 Å². The number of rotatable bonds is 2. The number of nitrogens with zero attached hydrogens (tertiary/aromatic N) is 1. The van der Waals surface area contributed by atoms with Crippen LogP contribution in [0.2, 0.25) is 0 Å². The molecule has 0 bridgehead atoms. The number of carbonyl (C=O) groups is 1. The second kappa shape index (κ2) is 6.61.